The molecule has 1 N–H and O–H groups in total. The van der Waals surface area contributed by atoms with Crippen molar-refractivity contribution in [3.8, 4) is 0 Å². The molecule has 5 nitrogen and oxygen atoms in total. The number of carbonyl (C=O) groups is 1. The summed E-state index contributed by atoms with van der Waals surface area (Å²) >= 11 is 5.89. The maximum atomic E-state index is 12.4. The van der Waals surface area contributed by atoms with Gasteiger partial charge in [-0.25, -0.2) is 4.79 Å². The van der Waals surface area contributed by atoms with Crippen molar-refractivity contribution in [1.82, 2.24) is 9.88 Å². The van der Waals surface area contributed by atoms with Crippen LogP contribution in [-0.4, -0.2) is 16.5 Å². The van der Waals surface area contributed by atoms with Crippen molar-refractivity contribution in [3.05, 3.63) is 33.8 Å². The van der Waals surface area contributed by atoms with E-state index in [-0.39, 0.29) is 18.5 Å². The number of amides is 1. The highest BCUT2D eigenvalue weighted by molar-refractivity contribution is 6.31. The molecule has 1 aromatic carbocycles. The van der Waals surface area contributed by atoms with Crippen LogP contribution in [0.2, 0.25) is 5.02 Å². The average Bonchev–Trinajstić information content (AvgIpc) is 2.79. The first-order valence-electron chi connectivity index (χ1n) is 8.04. The van der Waals surface area contributed by atoms with Crippen LogP contribution < -0.4 is 11.1 Å². The van der Waals surface area contributed by atoms with Gasteiger partial charge in [-0.15, -0.1) is 0 Å². The van der Waals surface area contributed by atoms with E-state index in [2.05, 4.69) is 19.2 Å². The van der Waals surface area contributed by atoms with Crippen LogP contribution in [0.5, 0.6) is 0 Å². The normalized spacial score (nSPS) is 24.7. The fourth-order valence-corrected chi connectivity index (χ4v) is 3.53. The lowest BCUT2D eigenvalue weighted by Crippen LogP contribution is -2.45. The zero-order chi connectivity index (χ0) is 16.6. The molecule has 124 valence electrons. The van der Waals surface area contributed by atoms with Crippen LogP contribution in [0.3, 0.4) is 0 Å². The average molecular weight is 337 g/mol. The van der Waals surface area contributed by atoms with Gasteiger partial charge in [0.25, 0.3) is 0 Å². The van der Waals surface area contributed by atoms with E-state index in [9.17, 15) is 9.59 Å². The number of rotatable bonds is 3. The monoisotopic (exact) mass is 336 g/mol. The molecule has 23 heavy (non-hydrogen) atoms. The Morgan fingerprint density at radius 1 is 1.39 bits per heavy atom. The van der Waals surface area contributed by atoms with Crippen LogP contribution >= 0.6 is 11.6 Å². The van der Waals surface area contributed by atoms with Gasteiger partial charge in [-0.3, -0.25) is 9.36 Å². The van der Waals surface area contributed by atoms with Crippen molar-refractivity contribution in [1.29, 1.82) is 0 Å². The molecule has 0 saturated heterocycles. The van der Waals surface area contributed by atoms with Gasteiger partial charge in [0.15, 0.2) is 5.58 Å². The molecule has 1 saturated carbocycles. The van der Waals surface area contributed by atoms with E-state index >= 15 is 0 Å². The second kappa shape index (κ2) is 6.40. The van der Waals surface area contributed by atoms with Crippen molar-refractivity contribution < 1.29 is 9.21 Å². The van der Waals surface area contributed by atoms with E-state index in [1.165, 1.54) is 11.0 Å². The summed E-state index contributed by atoms with van der Waals surface area (Å²) in [7, 11) is 0. The molecule has 1 fully saturated rings. The Hall–Kier alpha value is -1.75. The first-order valence-corrected chi connectivity index (χ1v) is 8.42. The largest absolute Gasteiger partial charge is 0.420 e. The molecule has 1 heterocycles. The van der Waals surface area contributed by atoms with Gasteiger partial charge in [-0.05, 0) is 30.4 Å². The smallest absolute Gasteiger partial charge is 0.408 e. The number of benzene rings is 1. The topological polar surface area (TPSA) is 64.2 Å². The summed E-state index contributed by atoms with van der Waals surface area (Å²) in [4.78, 5) is 24.3. The molecule has 0 aliphatic heterocycles. The molecule has 0 unspecified atom stereocenters. The Labute approximate surface area is 139 Å². The second-order valence-corrected chi connectivity index (χ2v) is 6.94. The van der Waals surface area contributed by atoms with Gasteiger partial charge >= 0.3 is 5.76 Å². The predicted molar refractivity (Wildman–Crippen MR) is 89.6 cm³/mol. The summed E-state index contributed by atoms with van der Waals surface area (Å²) in [6.45, 7) is 4.36. The van der Waals surface area contributed by atoms with Crippen LogP contribution in [-0.2, 0) is 11.3 Å². The van der Waals surface area contributed by atoms with Gasteiger partial charge in [0.2, 0.25) is 5.91 Å². The molecular formula is C17H21ClN2O3. The van der Waals surface area contributed by atoms with Gasteiger partial charge in [0.05, 0.1) is 5.52 Å². The summed E-state index contributed by atoms with van der Waals surface area (Å²) in [5.74, 6) is 0.358. The zero-order valence-electron chi connectivity index (χ0n) is 13.3. The van der Waals surface area contributed by atoms with Crippen LogP contribution in [0.15, 0.2) is 27.4 Å². The second-order valence-electron chi connectivity index (χ2n) is 6.51. The van der Waals surface area contributed by atoms with Gasteiger partial charge in [0, 0.05) is 17.1 Å². The van der Waals surface area contributed by atoms with Crippen LogP contribution in [0, 0.1) is 11.8 Å². The summed E-state index contributed by atoms with van der Waals surface area (Å²) < 4.78 is 6.50. The van der Waals surface area contributed by atoms with Gasteiger partial charge < -0.3 is 9.73 Å². The minimum absolute atomic E-state index is 0.0366. The number of carbonyl (C=O) groups excluding carboxylic acids is 1. The first kappa shape index (κ1) is 16.1. The molecule has 0 bridgehead atoms. The summed E-state index contributed by atoms with van der Waals surface area (Å²) in [5.41, 5.74) is 0.981. The molecule has 3 atom stereocenters. The highest BCUT2D eigenvalue weighted by Crippen LogP contribution is 2.29. The molecule has 1 aliphatic rings. The highest BCUT2D eigenvalue weighted by Gasteiger charge is 2.28. The number of hydrogen-bond acceptors (Lipinski definition) is 3. The van der Waals surface area contributed by atoms with Crippen molar-refractivity contribution in [2.75, 3.05) is 0 Å². The van der Waals surface area contributed by atoms with E-state index < -0.39 is 5.76 Å². The van der Waals surface area contributed by atoms with Crippen molar-refractivity contribution in [2.45, 2.75) is 45.7 Å². The number of nitrogens with one attached hydrogen (secondary N) is 1. The molecule has 0 spiro atoms. The minimum atomic E-state index is -0.539. The highest BCUT2D eigenvalue weighted by atomic mass is 35.5. The molecule has 1 aliphatic carbocycles. The summed E-state index contributed by atoms with van der Waals surface area (Å²) in [6, 6.07) is 5.13. The van der Waals surface area contributed by atoms with Gasteiger partial charge in [-0.1, -0.05) is 38.3 Å². The SMILES string of the molecule is C[C@@H]1[C@H](C)CCC[C@H]1NC(=O)Cn1c(=O)oc2cc(Cl)ccc21. The third-order valence-corrected chi connectivity index (χ3v) is 5.22. The Morgan fingerprint density at radius 3 is 2.96 bits per heavy atom. The summed E-state index contributed by atoms with van der Waals surface area (Å²) in [5, 5.41) is 3.57. The number of fused-ring (bicyclic) bond motifs is 1. The van der Waals surface area contributed by atoms with E-state index in [4.69, 9.17) is 16.0 Å². The quantitative estimate of drug-likeness (QED) is 0.936. The fraction of sp³-hybridized carbons (Fsp3) is 0.529. The minimum Gasteiger partial charge on any atom is -0.408 e. The maximum Gasteiger partial charge on any atom is 0.420 e. The molecule has 0 radical (unpaired) electrons. The molecule has 3 rings (SSSR count). The first-order chi connectivity index (χ1) is 11.0. The lowest BCUT2D eigenvalue weighted by molar-refractivity contribution is -0.123. The zero-order valence-corrected chi connectivity index (χ0v) is 14.1. The van der Waals surface area contributed by atoms with Gasteiger partial charge in [0.1, 0.15) is 6.54 Å². The van der Waals surface area contributed by atoms with Gasteiger partial charge in [-0.2, -0.15) is 0 Å². The maximum absolute atomic E-state index is 12.4. The van der Waals surface area contributed by atoms with E-state index in [1.807, 2.05) is 0 Å². The Bertz CT molecular complexity index is 780. The van der Waals surface area contributed by atoms with Crippen molar-refractivity contribution in [2.24, 2.45) is 11.8 Å². The molecule has 2 aromatic rings. The number of aromatic nitrogens is 1. The third-order valence-electron chi connectivity index (χ3n) is 4.99. The standard InChI is InChI=1S/C17H21ClN2O3/c1-10-4-3-5-13(11(10)2)19-16(21)9-20-14-7-6-12(18)8-15(14)23-17(20)22/h6-8,10-11,13H,3-5,9H2,1-2H3,(H,19,21)/t10-,11-,13-/m1/s1. The Kier molecular flexibility index (Phi) is 4.48. The third kappa shape index (κ3) is 3.29. The van der Waals surface area contributed by atoms with E-state index in [1.54, 1.807) is 18.2 Å². The van der Waals surface area contributed by atoms with Crippen molar-refractivity contribution >= 4 is 28.6 Å². The lowest BCUT2D eigenvalue weighted by Gasteiger charge is -2.34. The van der Waals surface area contributed by atoms with E-state index in [0.717, 1.165) is 12.8 Å². The van der Waals surface area contributed by atoms with Crippen molar-refractivity contribution in [3.63, 3.8) is 0 Å². The molecular weight excluding hydrogens is 316 g/mol. The van der Waals surface area contributed by atoms with Crippen LogP contribution in [0.4, 0.5) is 0 Å². The molecule has 6 heteroatoms. The van der Waals surface area contributed by atoms with Crippen LogP contribution in [0.25, 0.3) is 11.1 Å². The predicted octanol–water partition coefficient (Wildman–Crippen LogP) is 3.19. The number of nitrogens with zero attached hydrogens (tertiary/aromatic N) is 1. The number of hydrogen-bond donors (Lipinski definition) is 1. The fourth-order valence-electron chi connectivity index (χ4n) is 3.37. The van der Waals surface area contributed by atoms with E-state index in [0.29, 0.717) is 28.0 Å². The molecule has 1 amide bonds. The Balaban J connectivity index is 1.75. The number of halogens is 1. The summed E-state index contributed by atoms with van der Waals surface area (Å²) in [6.07, 6.45) is 3.33. The molecule has 1 aromatic heterocycles. The lowest BCUT2D eigenvalue weighted by atomic mass is 9.78. The Morgan fingerprint density at radius 2 is 2.17 bits per heavy atom. The number of oxazole rings is 1. The van der Waals surface area contributed by atoms with Crippen LogP contribution in [0.1, 0.15) is 33.1 Å².